The van der Waals surface area contributed by atoms with Gasteiger partial charge in [-0.05, 0) is 43.7 Å². The average molecular weight is 428 g/mol. The van der Waals surface area contributed by atoms with Crippen LogP contribution >= 0.6 is 0 Å². The molecule has 158 valence electrons. The summed E-state index contributed by atoms with van der Waals surface area (Å²) < 4.78 is 32.6. The minimum atomic E-state index is -3.68. The Labute approximate surface area is 176 Å². The summed E-state index contributed by atoms with van der Waals surface area (Å²) in [5.41, 5.74) is 3.49. The van der Waals surface area contributed by atoms with Gasteiger partial charge in [-0.3, -0.25) is 0 Å². The Morgan fingerprint density at radius 2 is 1.63 bits per heavy atom. The second-order valence-electron chi connectivity index (χ2n) is 6.89. The highest BCUT2D eigenvalue weighted by molar-refractivity contribution is 7.89. The zero-order valence-electron chi connectivity index (χ0n) is 17.5. The summed E-state index contributed by atoms with van der Waals surface area (Å²) >= 11 is 0. The monoisotopic (exact) mass is 427 g/mol. The van der Waals surface area contributed by atoms with Gasteiger partial charge >= 0.3 is 5.97 Å². The van der Waals surface area contributed by atoms with Gasteiger partial charge in [0.2, 0.25) is 10.0 Å². The molecule has 0 aliphatic rings. The first kappa shape index (κ1) is 21.9. The summed E-state index contributed by atoms with van der Waals surface area (Å²) in [5, 5.41) is 0. The van der Waals surface area contributed by atoms with Crippen LogP contribution in [0.3, 0.4) is 0 Å². The lowest BCUT2D eigenvalue weighted by atomic mass is 10.1. The van der Waals surface area contributed by atoms with Crippen LogP contribution in [0.1, 0.15) is 41.2 Å². The molecule has 0 saturated carbocycles. The van der Waals surface area contributed by atoms with Gasteiger partial charge in [0.1, 0.15) is 6.61 Å². The molecule has 0 unspecified atom stereocenters. The van der Waals surface area contributed by atoms with Crippen LogP contribution in [0.25, 0.3) is 11.0 Å². The molecule has 0 amide bonds. The van der Waals surface area contributed by atoms with Gasteiger partial charge in [-0.1, -0.05) is 32.0 Å². The zero-order valence-corrected chi connectivity index (χ0v) is 18.4. The molecule has 7 nitrogen and oxygen atoms in total. The molecule has 0 atom stereocenters. The van der Waals surface area contributed by atoms with Crippen LogP contribution in [0.15, 0.2) is 47.4 Å². The maximum absolute atomic E-state index is 12.9. The molecule has 0 saturated heterocycles. The van der Waals surface area contributed by atoms with E-state index in [9.17, 15) is 13.2 Å². The van der Waals surface area contributed by atoms with Gasteiger partial charge in [0.15, 0.2) is 0 Å². The Bertz CT molecular complexity index is 1190. The van der Waals surface area contributed by atoms with Crippen molar-refractivity contribution in [1.82, 2.24) is 14.3 Å². The highest BCUT2D eigenvalue weighted by Crippen LogP contribution is 2.22. The minimum Gasteiger partial charge on any atom is -0.456 e. The van der Waals surface area contributed by atoms with Crippen molar-refractivity contribution in [2.45, 2.75) is 39.2 Å². The van der Waals surface area contributed by atoms with E-state index < -0.39 is 16.0 Å². The average Bonchev–Trinajstić information content (AvgIpc) is 2.72. The Kier molecular flexibility index (Phi) is 6.48. The molecule has 0 spiro atoms. The largest absolute Gasteiger partial charge is 0.456 e. The molecular weight excluding hydrogens is 402 g/mol. The number of aryl methyl sites for hydroxylation is 2. The van der Waals surface area contributed by atoms with E-state index in [-0.39, 0.29) is 17.1 Å². The molecule has 8 heteroatoms. The van der Waals surface area contributed by atoms with E-state index in [4.69, 9.17) is 4.74 Å². The van der Waals surface area contributed by atoms with Crippen LogP contribution in [0.2, 0.25) is 0 Å². The van der Waals surface area contributed by atoms with Crippen molar-refractivity contribution < 1.29 is 17.9 Å². The molecule has 1 heterocycles. The topological polar surface area (TPSA) is 89.5 Å². The number of hydrogen-bond donors (Lipinski definition) is 0. The molecule has 1 aromatic heterocycles. The highest BCUT2D eigenvalue weighted by Gasteiger charge is 2.25. The first-order chi connectivity index (χ1) is 14.3. The molecular formula is C22H25N3O4S. The van der Waals surface area contributed by atoms with Crippen LogP contribution in [0.5, 0.6) is 0 Å². The number of ether oxygens (including phenoxy) is 1. The summed E-state index contributed by atoms with van der Waals surface area (Å²) in [7, 11) is -3.68. The molecule has 0 aliphatic carbocycles. The second kappa shape index (κ2) is 8.89. The van der Waals surface area contributed by atoms with Crippen molar-refractivity contribution in [2.24, 2.45) is 0 Å². The van der Waals surface area contributed by atoms with Crippen molar-refractivity contribution in [3.8, 4) is 0 Å². The van der Waals surface area contributed by atoms with Gasteiger partial charge in [-0.15, -0.1) is 0 Å². The van der Waals surface area contributed by atoms with Gasteiger partial charge in [-0.2, -0.15) is 4.31 Å². The normalized spacial score (nSPS) is 11.8. The first-order valence-electron chi connectivity index (χ1n) is 9.78. The van der Waals surface area contributed by atoms with Crippen LogP contribution in [0.4, 0.5) is 0 Å². The number of para-hydroxylation sites is 2. The smallest absolute Gasteiger partial charge is 0.338 e. The van der Waals surface area contributed by atoms with Crippen LogP contribution < -0.4 is 0 Å². The molecule has 0 fully saturated rings. The Balaban J connectivity index is 1.84. The molecule has 0 N–H and O–H groups in total. The van der Waals surface area contributed by atoms with Crippen molar-refractivity contribution in [3.05, 3.63) is 65.0 Å². The Morgan fingerprint density at radius 3 is 2.27 bits per heavy atom. The summed E-state index contributed by atoms with van der Waals surface area (Å²) in [5.74, 6) is -0.611. The third kappa shape index (κ3) is 4.34. The van der Waals surface area contributed by atoms with E-state index in [1.54, 1.807) is 32.9 Å². The van der Waals surface area contributed by atoms with Gasteiger partial charge < -0.3 is 4.74 Å². The molecule has 0 radical (unpaired) electrons. The summed E-state index contributed by atoms with van der Waals surface area (Å²) in [6, 6.07) is 12.0. The van der Waals surface area contributed by atoms with Gasteiger partial charge in [0.25, 0.3) is 0 Å². The van der Waals surface area contributed by atoms with Gasteiger partial charge in [0.05, 0.1) is 32.9 Å². The third-order valence-corrected chi connectivity index (χ3v) is 7.12. The lowest BCUT2D eigenvalue weighted by molar-refractivity contribution is 0.0466. The van der Waals surface area contributed by atoms with Crippen molar-refractivity contribution in [3.63, 3.8) is 0 Å². The van der Waals surface area contributed by atoms with E-state index in [2.05, 4.69) is 9.97 Å². The molecule has 0 aliphatic heterocycles. The van der Waals surface area contributed by atoms with E-state index in [1.165, 1.54) is 10.4 Å². The van der Waals surface area contributed by atoms with E-state index in [0.717, 1.165) is 11.0 Å². The molecule has 0 bridgehead atoms. The summed E-state index contributed by atoms with van der Waals surface area (Å²) in [6.45, 7) is 7.74. The highest BCUT2D eigenvalue weighted by atomic mass is 32.2. The van der Waals surface area contributed by atoms with Crippen molar-refractivity contribution in [2.75, 3.05) is 13.1 Å². The number of nitrogens with zero attached hydrogens (tertiary/aromatic N) is 3. The fourth-order valence-electron chi connectivity index (χ4n) is 3.19. The van der Waals surface area contributed by atoms with Gasteiger partial charge in [0, 0.05) is 13.1 Å². The second-order valence-corrected chi connectivity index (χ2v) is 8.80. The molecule has 3 aromatic rings. The lowest BCUT2D eigenvalue weighted by Gasteiger charge is -2.20. The predicted octanol–water partition coefficient (Wildman–Crippen LogP) is 3.63. The molecule has 30 heavy (non-hydrogen) atoms. The number of fused-ring (bicyclic) bond motifs is 1. The maximum Gasteiger partial charge on any atom is 0.338 e. The van der Waals surface area contributed by atoms with E-state index >= 15 is 0 Å². The number of sulfonamides is 1. The number of rotatable bonds is 7. The van der Waals surface area contributed by atoms with E-state index in [0.29, 0.717) is 30.0 Å². The van der Waals surface area contributed by atoms with Crippen LogP contribution in [-0.2, 0) is 21.4 Å². The van der Waals surface area contributed by atoms with Crippen molar-refractivity contribution >= 4 is 27.0 Å². The number of carbonyl (C=O) groups excluding carboxylic acids is 1. The van der Waals surface area contributed by atoms with Crippen LogP contribution in [0, 0.1) is 13.8 Å². The van der Waals surface area contributed by atoms with Crippen LogP contribution in [-0.4, -0.2) is 41.7 Å². The number of aromatic nitrogens is 2. The standard InChI is InChI=1S/C22H25N3O4S/c1-5-25(6-2)30(27,28)21-13-17(12-11-15(21)3)22(26)29-14-20-16(4)23-18-9-7-8-10-19(18)24-20/h7-13H,5-6,14H2,1-4H3. The van der Waals surface area contributed by atoms with Crippen molar-refractivity contribution in [1.29, 1.82) is 0 Å². The number of hydrogen-bond acceptors (Lipinski definition) is 6. The fourth-order valence-corrected chi connectivity index (χ4v) is 4.90. The minimum absolute atomic E-state index is 0.0471. The number of carbonyl (C=O) groups is 1. The SMILES string of the molecule is CCN(CC)S(=O)(=O)c1cc(C(=O)OCc2nc3ccccc3nc2C)ccc1C. The summed E-state index contributed by atoms with van der Waals surface area (Å²) in [4.78, 5) is 21.7. The fraction of sp³-hybridized carbons (Fsp3) is 0.318. The maximum atomic E-state index is 12.9. The summed E-state index contributed by atoms with van der Waals surface area (Å²) in [6.07, 6.45) is 0. The lowest BCUT2D eigenvalue weighted by Crippen LogP contribution is -2.31. The Hall–Kier alpha value is -2.84. The zero-order chi connectivity index (χ0) is 21.9. The van der Waals surface area contributed by atoms with Gasteiger partial charge in [-0.25, -0.2) is 23.2 Å². The Morgan fingerprint density at radius 1 is 1.00 bits per heavy atom. The number of benzene rings is 2. The predicted molar refractivity (Wildman–Crippen MR) is 115 cm³/mol. The first-order valence-corrected chi connectivity index (χ1v) is 11.2. The van der Waals surface area contributed by atoms with E-state index in [1.807, 2.05) is 31.2 Å². The third-order valence-electron chi connectivity index (χ3n) is 4.93. The quantitative estimate of drug-likeness (QED) is 0.535. The number of esters is 1. The molecule has 2 aromatic carbocycles. The molecule has 3 rings (SSSR count).